The van der Waals surface area contributed by atoms with Gasteiger partial charge >= 0.3 is 0 Å². The van der Waals surface area contributed by atoms with E-state index in [1.165, 1.54) is 6.07 Å². The van der Waals surface area contributed by atoms with Gasteiger partial charge in [0.25, 0.3) is 0 Å². The zero-order chi connectivity index (χ0) is 11.3. The monoisotopic (exact) mass is 224 g/mol. The molecule has 1 aliphatic heterocycles. The van der Waals surface area contributed by atoms with E-state index in [0.29, 0.717) is 5.56 Å². The molecule has 1 heterocycles. The fraction of sp³-hybridized carbons (Fsp3) is 0.364. The molecule has 0 aliphatic carbocycles. The lowest BCUT2D eigenvalue weighted by atomic mass is 9.99. The Morgan fingerprint density at radius 1 is 1.20 bits per heavy atom. The summed E-state index contributed by atoms with van der Waals surface area (Å²) in [6.07, 6.45) is 0.0619. The maximum absolute atomic E-state index is 12.1. The Hall–Kier alpha value is -1.16. The van der Waals surface area contributed by atoms with Crippen LogP contribution in [0.25, 0.3) is 0 Å². The summed E-state index contributed by atoms with van der Waals surface area (Å²) in [4.78, 5) is 11.9. The molecule has 2 rings (SSSR count). The Morgan fingerprint density at radius 2 is 1.80 bits per heavy atom. The van der Waals surface area contributed by atoms with Gasteiger partial charge in [-0.05, 0) is 19.9 Å². The van der Waals surface area contributed by atoms with Crippen LogP contribution in [0.1, 0.15) is 30.6 Å². The van der Waals surface area contributed by atoms with Gasteiger partial charge in [0.1, 0.15) is 0 Å². The molecule has 0 N–H and O–H groups in total. The van der Waals surface area contributed by atoms with Crippen molar-refractivity contribution in [1.29, 1.82) is 0 Å². The summed E-state index contributed by atoms with van der Waals surface area (Å²) in [6, 6.07) is 6.41. The van der Waals surface area contributed by atoms with Crippen LogP contribution in [0.3, 0.4) is 0 Å². The number of fused-ring (bicyclic) bond motifs is 1. The van der Waals surface area contributed by atoms with Crippen LogP contribution < -0.4 is 0 Å². The number of benzene rings is 1. The lowest BCUT2D eigenvalue weighted by Crippen LogP contribution is -2.39. The second kappa shape index (κ2) is 2.92. The summed E-state index contributed by atoms with van der Waals surface area (Å²) in [6.45, 7) is 3.19. The Bertz CT molecular complexity index is 527. The van der Waals surface area contributed by atoms with Crippen molar-refractivity contribution in [2.24, 2.45) is 0 Å². The molecule has 1 aromatic rings. The predicted octanol–water partition coefficient (Wildman–Crippen LogP) is 1.83. The molecule has 0 saturated heterocycles. The molecule has 0 bridgehead atoms. The third-order valence-electron chi connectivity index (χ3n) is 2.79. The average molecular weight is 224 g/mol. The van der Waals surface area contributed by atoms with Crippen LogP contribution in [0.2, 0.25) is 0 Å². The van der Waals surface area contributed by atoms with Gasteiger partial charge in [0.05, 0.1) is 9.64 Å². The summed E-state index contributed by atoms with van der Waals surface area (Å²) in [5, 5.41) is 0. The van der Waals surface area contributed by atoms with E-state index in [2.05, 4.69) is 0 Å². The second-order valence-corrected chi connectivity index (χ2v) is 6.91. The van der Waals surface area contributed by atoms with E-state index >= 15 is 0 Å². The second-order valence-electron chi connectivity index (χ2n) is 4.36. The van der Waals surface area contributed by atoms with Crippen molar-refractivity contribution in [1.82, 2.24) is 0 Å². The van der Waals surface area contributed by atoms with Crippen molar-refractivity contribution in [2.45, 2.75) is 29.9 Å². The number of rotatable bonds is 0. The van der Waals surface area contributed by atoms with Crippen LogP contribution >= 0.6 is 0 Å². The van der Waals surface area contributed by atoms with Crippen molar-refractivity contribution < 1.29 is 13.2 Å². The highest BCUT2D eigenvalue weighted by molar-refractivity contribution is 7.93. The van der Waals surface area contributed by atoms with Crippen LogP contribution in [0.4, 0.5) is 0 Å². The minimum atomic E-state index is -3.37. The van der Waals surface area contributed by atoms with Gasteiger partial charge < -0.3 is 0 Å². The number of hydrogen-bond acceptors (Lipinski definition) is 3. The summed E-state index contributed by atoms with van der Waals surface area (Å²) in [7, 11) is -3.37. The Labute approximate surface area is 89.0 Å². The van der Waals surface area contributed by atoms with Crippen molar-refractivity contribution in [2.75, 3.05) is 0 Å². The molecule has 3 nitrogen and oxygen atoms in total. The van der Waals surface area contributed by atoms with Crippen LogP contribution in [-0.4, -0.2) is 18.9 Å². The molecule has 0 fully saturated rings. The molecular formula is C11H12O3S. The molecule has 15 heavy (non-hydrogen) atoms. The third-order valence-corrected chi connectivity index (χ3v) is 5.33. The molecule has 0 saturated carbocycles. The van der Waals surface area contributed by atoms with E-state index in [9.17, 15) is 13.2 Å². The van der Waals surface area contributed by atoms with Crippen LogP contribution in [-0.2, 0) is 9.84 Å². The lowest BCUT2D eigenvalue weighted by molar-refractivity contribution is 0.0964. The topological polar surface area (TPSA) is 51.2 Å². The highest BCUT2D eigenvalue weighted by Crippen LogP contribution is 2.36. The zero-order valence-electron chi connectivity index (χ0n) is 8.65. The molecule has 0 atom stereocenters. The van der Waals surface area contributed by atoms with Crippen molar-refractivity contribution in [3.8, 4) is 0 Å². The molecule has 0 radical (unpaired) electrons. The predicted molar refractivity (Wildman–Crippen MR) is 56.7 cm³/mol. The first-order valence-electron chi connectivity index (χ1n) is 4.73. The molecule has 1 aromatic carbocycles. The first-order chi connectivity index (χ1) is 6.86. The molecular weight excluding hydrogens is 212 g/mol. The van der Waals surface area contributed by atoms with Crippen molar-refractivity contribution in [3.05, 3.63) is 29.8 Å². The normalized spacial score (nSPS) is 22.1. The fourth-order valence-corrected chi connectivity index (χ4v) is 3.45. The first-order valence-corrected chi connectivity index (χ1v) is 6.21. The fourth-order valence-electron chi connectivity index (χ4n) is 1.81. The van der Waals surface area contributed by atoms with Gasteiger partial charge in [-0.1, -0.05) is 18.2 Å². The van der Waals surface area contributed by atoms with E-state index < -0.39 is 14.6 Å². The molecule has 1 aliphatic rings. The first kappa shape index (κ1) is 10.4. The minimum Gasteiger partial charge on any atom is -0.294 e. The van der Waals surface area contributed by atoms with Crippen LogP contribution in [0, 0.1) is 0 Å². The smallest absolute Gasteiger partial charge is 0.184 e. The average Bonchev–Trinajstić information content (AvgIpc) is 2.15. The number of hydrogen-bond donors (Lipinski definition) is 0. The van der Waals surface area contributed by atoms with Gasteiger partial charge in [0.2, 0.25) is 0 Å². The van der Waals surface area contributed by atoms with Crippen molar-refractivity contribution in [3.63, 3.8) is 0 Å². The highest BCUT2D eigenvalue weighted by atomic mass is 32.2. The Balaban J connectivity index is 2.80. The molecule has 0 aromatic heterocycles. The number of sulfone groups is 1. The maximum Gasteiger partial charge on any atom is 0.184 e. The molecule has 0 unspecified atom stereocenters. The van der Waals surface area contributed by atoms with E-state index in [4.69, 9.17) is 0 Å². The van der Waals surface area contributed by atoms with Gasteiger partial charge in [-0.15, -0.1) is 0 Å². The lowest BCUT2D eigenvalue weighted by Gasteiger charge is -2.29. The summed E-state index contributed by atoms with van der Waals surface area (Å²) < 4.78 is 23.3. The van der Waals surface area contributed by atoms with Crippen molar-refractivity contribution >= 4 is 15.6 Å². The molecule has 80 valence electrons. The standard InChI is InChI=1S/C11H12O3S/c1-11(2)7-9(12)8-5-3-4-6-10(8)15(11,13)14/h3-6H,7H2,1-2H3. The SMILES string of the molecule is CC1(C)CC(=O)c2ccccc2S1(=O)=O. The van der Waals surface area contributed by atoms with Gasteiger partial charge in [0, 0.05) is 12.0 Å². The Kier molecular flexibility index (Phi) is 2.01. The van der Waals surface area contributed by atoms with Crippen LogP contribution in [0.5, 0.6) is 0 Å². The van der Waals surface area contributed by atoms with E-state index in [0.717, 1.165) is 0 Å². The van der Waals surface area contributed by atoms with Gasteiger partial charge in [-0.25, -0.2) is 8.42 Å². The van der Waals surface area contributed by atoms with E-state index in [1.807, 2.05) is 0 Å². The quantitative estimate of drug-likeness (QED) is 0.675. The highest BCUT2D eigenvalue weighted by Gasteiger charge is 2.43. The molecule has 4 heteroatoms. The summed E-state index contributed by atoms with van der Waals surface area (Å²) >= 11 is 0. The number of carbonyl (C=O) groups is 1. The van der Waals surface area contributed by atoms with Crippen LogP contribution in [0.15, 0.2) is 29.2 Å². The third kappa shape index (κ3) is 1.32. The Morgan fingerprint density at radius 3 is 2.47 bits per heavy atom. The number of carbonyl (C=O) groups excluding carboxylic acids is 1. The minimum absolute atomic E-state index is 0.0619. The largest absolute Gasteiger partial charge is 0.294 e. The van der Waals surface area contributed by atoms with Gasteiger partial charge in [-0.3, -0.25) is 4.79 Å². The molecule has 0 spiro atoms. The number of ketones is 1. The maximum atomic E-state index is 12.1. The summed E-state index contributed by atoms with van der Waals surface area (Å²) in [5.41, 5.74) is 0.330. The summed E-state index contributed by atoms with van der Waals surface area (Å²) in [5.74, 6) is -0.0922. The van der Waals surface area contributed by atoms with E-state index in [1.54, 1.807) is 32.0 Å². The zero-order valence-corrected chi connectivity index (χ0v) is 9.47. The number of Topliss-reactive ketones (excluding diaryl/α,β-unsaturated/α-hetero) is 1. The van der Waals surface area contributed by atoms with E-state index in [-0.39, 0.29) is 17.1 Å². The van der Waals surface area contributed by atoms with Gasteiger partial charge in [0.15, 0.2) is 15.6 Å². The molecule has 0 amide bonds. The van der Waals surface area contributed by atoms with Gasteiger partial charge in [-0.2, -0.15) is 0 Å².